The molecule has 1 aromatic heterocycles. The van der Waals surface area contributed by atoms with E-state index in [9.17, 15) is 4.79 Å². The lowest BCUT2D eigenvalue weighted by molar-refractivity contribution is -0.139. The van der Waals surface area contributed by atoms with Crippen molar-refractivity contribution in [1.29, 1.82) is 0 Å². The van der Waals surface area contributed by atoms with Crippen LogP contribution in [0.15, 0.2) is 42.7 Å². The number of ether oxygens (including phenoxy) is 2. The zero-order valence-corrected chi connectivity index (χ0v) is 16.3. The largest absolute Gasteiger partial charge is 0.497 e. The lowest BCUT2D eigenvalue weighted by atomic mass is 10.0. The number of aromatic nitrogens is 1. The summed E-state index contributed by atoms with van der Waals surface area (Å²) in [5.41, 5.74) is 3.54. The average Bonchev–Trinajstić information content (AvgIpc) is 2.97. The first kappa shape index (κ1) is 18.9. The summed E-state index contributed by atoms with van der Waals surface area (Å²) < 4.78 is 10.9. The minimum Gasteiger partial charge on any atom is -0.497 e. The van der Waals surface area contributed by atoms with Gasteiger partial charge in [0.25, 0.3) is 0 Å². The van der Waals surface area contributed by atoms with E-state index in [4.69, 9.17) is 9.47 Å². The van der Waals surface area contributed by atoms with E-state index in [0.717, 1.165) is 50.3 Å². The zero-order chi connectivity index (χ0) is 19.3. The number of nitrogens with zero attached hydrogens (tertiary/aromatic N) is 3. The summed E-state index contributed by atoms with van der Waals surface area (Å²) in [4.78, 5) is 22.1. The van der Waals surface area contributed by atoms with E-state index < -0.39 is 0 Å². The van der Waals surface area contributed by atoms with Crippen LogP contribution in [0.3, 0.4) is 0 Å². The molecular weight excluding hydrogens is 354 g/mol. The van der Waals surface area contributed by atoms with Crippen LogP contribution in [0.1, 0.15) is 22.7 Å². The van der Waals surface area contributed by atoms with Gasteiger partial charge in [0, 0.05) is 38.6 Å². The van der Waals surface area contributed by atoms with Crippen molar-refractivity contribution in [2.45, 2.75) is 18.9 Å². The van der Waals surface area contributed by atoms with Gasteiger partial charge in [0.2, 0.25) is 5.91 Å². The number of hydrogen-bond acceptors (Lipinski definition) is 5. The van der Waals surface area contributed by atoms with Crippen molar-refractivity contribution in [2.75, 3.05) is 46.5 Å². The van der Waals surface area contributed by atoms with Crippen molar-refractivity contribution in [3.05, 3.63) is 59.4 Å². The number of morpholine rings is 1. The van der Waals surface area contributed by atoms with Crippen LogP contribution >= 0.6 is 0 Å². The Hall–Kier alpha value is -2.44. The van der Waals surface area contributed by atoms with Gasteiger partial charge in [0.05, 0.1) is 20.3 Å². The quantitative estimate of drug-likeness (QED) is 0.812. The molecule has 4 rings (SSSR count). The summed E-state index contributed by atoms with van der Waals surface area (Å²) in [6, 6.07) is 9.84. The monoisotopic (exact) mass is 381 g/mol. The molecule has 6 nitrogen and oxygen atoms in total. The molecule has 28 heavy (non-hydrogen) atoms. The normalized spacial score (nSPS) is 18.8. The molecule has 6 heteroatoms. The topological polar surface area (TPSA) is 54.9 Å². The molecule has 1 atom stereocenters. The standard InChI is InChI=1S/C22H27N3O3/c1-27-20-5-4-17-6-9-25(10-7-18(17)15-20)22(26)21(19-3-2-8-23-16-19)24-11-13-28-14-12-24/h2-5,8,15-16,21H,6-7,9-14H2,1H3. The molecule has 1 unspecified atom stereocenters. The highest BCUT2D eigenvalue weighted by molar-refractivity contribution is 5.83. The van der Waals surface area contributed by atoms with Gasteiger partial charge in [-0.3, -0.25) is 14.7 Å². The fourth-order valence-corrected chi connectivity index (χ4v) is 4.10. The highest BCUT2D eigenvalue weighted by atomic mass is 16.5. The van der Waals surface area contributed by atoms with Gasteiger partial charge in [-0.05, 0) is 47.7 Å². The van der Waals surface area contributed by atoms with Gasteiger partial charge in [-0.1, -0.05) is 12.1 Å². The zero-order valence-electron chi connectivity index (χ0n) is 16.3. The van der Waals surface area contributed by atoms with E-state index in [2.05, 4.69) is 22.0 Å². The van der Waals surface area contributed by atoms with Crippen molar-refractivity contribution >= 4 is 5.91 Å². The third kappa shape index (κ3) is 4.03. The van der Waals surface area contributed by atoms with E-state index in [1.54, 1.807) is 13.3 Å². The lowest BCUT2D eigenvalue weighted by Gasteiger charge is -2.36. The average molecular weight is 381 g/mol. The number of fused-ring (bicyclic) bond motifs is 1. The summed E-state index contributed by atoms with van der Waals surface area (Å²) in [7, 11) is 1.69. The summed E-state index contributed by atoms with van der Waals surface area (Å²) >= 11 is 0. The Bertz CT molecular complexity index is 806. The summed E-state index contributed by atoms with van der Waals surface area (Å²) in [5.74, 6) is 1.04. The van der Waals surface area contributed by atoms with Crippen molar-refractivity contribution in [3.63, 3.8) is 0 Å². The van der Waals surface area contributed by atoms with Crippen LogP contribution in [0.5, 0.6) is 5.75 Å². The van der Waals surface area contributed by atoms with Gasteiger partial charge in [-0.15, -0.1) is 0 Å². The second-order valence-corrected chi connectivity index (χ2v) is 7.30. The van der Waals surface area contributed by atoms with Gasteiger partial charge in [0.1, 0.15) is 11.8 Å². The number of amides is 1. The summed E-state index contributed by atoms with van der Waals surface area (Å²) in [5, 5.41) is 0. The molecule has 1 aromatic carbocycles. The number of benzene rings is 1. The fraction of sp³-hybridized carbons (Fsp3) is 0.455. The van der Waals surface area contributed by atoms with E-state index in [0.29, 0.717) is 13.2 Å². The third-order valence-electron chi connectivity index (χ3n) is 5.67. The second-order valence-electron chi connectivity index (χ2n) is 7.30. The Morgan fingerprint density at radius 2 is 1.89 bits per heavy atom. The highest BCUT2D eigenvalue weighted by Crippen LogP contribution is 2.27. The number of methoxy groups -OCH3 is 1. The Kier molecular flexibility index (Phi) is 5.88. The molecule has 0 bridgehead atoms. The van der Waals surface area contributed by atoms with Gasteiger partial charge >= 0.3 is 0 Å². The molecule has 1 amide bonds. The molecule has 1 fully saturated rings. The molecule has 0 spiro atoms. The number of rotatable bonds is 4. The number of hydrogen-bond donors (Lipinski definition) is 0. The Balaban J connectivity index is 1.55. The molecule has 1 saturated heterocycles. The SMILES string of the molecule is COc1ccc2c(c1)CCN(C(=O)C(c1cccnc1)N1CCOCC1)CC2. The minimum absolute atomic E-state index is 0.162. The first-order valence-electron chi connectivity index (χ1n) is 9.92. The van der Waals surface area contributed by atoms with Crippen LogP contribution in [0, 0.1) is 0 Å². The first-order valence-corrected chi connectivity index (χ1v) is 9.92. The molecule has 0 saturated carbocycles. The molecule has 3 heterocycles. The van der Waals surface area contributed by atoms with E-state index in [1.165, 1.54) is 11.1 Å². The van der Waals surface area contributed by atoms with Gasteiger partial charge in [-0.25, -0.2) is 0 Å². The smallest absolute Gasteiger partial charge is 0.244 e. The van der Waals surface area contributed by atoms with Crippen LogP contribution in [0.4, 0.5) is 0 Å². The van der Waals surface area contributed by atoms with Gasteiger partial charge in [-0.2, -0.15) is 0 Å². The fourth-order valence-electron chi connectivity index (χ4n) is 4.10. The third-order valence-corrected chi connectivity index (χ3v) is 5.67. The summed E-state index contributed by atoms with van der Waals surface area (Å²) in [6.45, 7) is 4.30. The number of carbonyl (C=O) groups is 1. The predicted molar refractivity (Wildman–Crippen MR) is 106 cm³/mol. The maximum Gasteiger partial charge on any atom is 0.244 e. The molecule has 0 aliphatic carbocycles. The lowest BCUT2D eigenvalue weighted by Crippen LogP contribution is -2.47. The minimum atomic E-state index is -0.298. The van der Waals surface area contributed by atoms with Crippen LogP contribution in [0.25, 0.3) is 0 Å². The Morgan fingerprint density at radius 3 is 2.61 bits per heavy atom. The molecule has 2 aliphatic heterocycles. The van der Waals surface area contributed by atoms with Crippen LogP contribution in [-0.2, 0) is 22.4 Å². The van der Waals surface area contributed by atoms with E-state index >= 15 is 0 Å². The van der Waals surface area contributed by atoms with Crippen LogP contribution in [-0.4, -0.2) is 67.2 Å². The van der Waals surface area contributed by atoms with Gasteiger partial charge in [0.15, 0.2) is 0 Å². The van der Waals surface area contributed by atoms with Crippen LogP contribution < -0.4 is 4.74 Å². The number of carbonyl (C=O) groups excluding carboxylic acids is 1. The van der Waals surface area contributed by atoms with Crippen molar-refractivity contribution in [2.24, 2.45) is 0 Å². The van der Waals surface area contributed by atoms with Crippen molar-refractivity contribution in [3.8, 4) is 5.75 Å². The van der Waals surface area contributed by atoms with E-state index in [-0.39, 0.29) is 11.9 Å². The van der Waals surface area contributed by atoms with E-state index in [1.807, 2.05) is 29.3 Å². The van der Waals surface area contributed by atoms with Crippen LogP contribution in [0.2, 0.25) is 0 Å². The van der Waals surface area contributed by atoms with Crippen molar-refractivity contribution < 1.29 is 14.3 Å². The molecular formula is C22H27N3O3. The maximum absolute atomic E-state index is 13.6. The number of pyridine rings is 1. The molecule has 0 radical (unpaired) electrons. The predicted octanol–water partition coefficient (Wildman–Crippen LogP) is 2.09. The molecule has 2 aromatic rings. The molecule has 2 aliphatic rings. The van der Waals surface area contributed by atoms with Gasteiger partial charge < -0.3 is 14.4 Å². The maximum atomic E-state index is 13.6. The Morgan fingerprint density at radius 1 is 1.11 bits per heavy atom. The first-order chi connectivity index (χ1) is 13.8. The second kappa shape index (κ2) is 8.71. The Labute approximate surface area is 166 Å². The molecule has 0 N–H and O–H groups in total. The summed E-state index contributed by atoms with van der Waals surface area (Å²) in [6.07, 6.45) is 5.28. The molecule has 148 valence electrons. The highest BCUT2D eigenvalue weighted by Gasteiger charge is 2.33. The van der Waals surface area contributed by atoms with Crippen molar-refractivity contribution in [1.82, 2.24) is 14.8 Å².